The Morgan fingerprint density at radius 1 is 1.40 bits per heavy atom. The second-order valence-corrected chi connectivity index (χ2v) is 3.25. The number of carbonyl (C=O) groups excluding carboxylic acids is 1. The molecule has 3 nitrogen and oxygen atoms in total. The molecule has 1 saturated heterocycles. The van der Waals surface area contributed by atoms with E-state index in [2.05, 4.69) is 10.6 Å². The van der Waals surface area contributed by atoms with Gasteiger partial charge < -0.3 is 5.32 Å². The van der Waals surface area contributed by atoms with Gasteiger partial charge in [0.2, 0.25) is 0 Å². The van der Waals surface area contributed by atoms with Crippen LogP contribution in [0.25, 0.3) is 0 Å². The van der Waals surface area contributed by atoms with Crippen molar-refractivity contribution in [3.05, 3.63) is 35.4 Å². The molecule has 1 aliphatic rings. The number of benzene rings is 1. The van der Waals surface area contributed by atoms with Crippen LogP contribution in [0.3, 0.4) is 0 Å². The van der Waals surface area contributed by atoms with Gasteiger partial charge in [0.05, 0.1) is 6.54 Å². The van der Waals surface area contributed by atoms with Crippen LogP contribution >= 0.6 is 0 Å². The minimum absolute atomic E-state index is 0.0171. The lowest BCUT2D eigenvalue weighted by atomic mass is 10.0. The number of carbonyl (C=O) groups is 1. The first-order valence-electron chi connectivity index (χ1n) is 4.59. The number of amides is 1. The topological polar surface area (TPSA) is 43.2 Å². The molecule has 1 aliphatic heterocycles. The van der Waals surface area contributed by atoms with E-state index >= 15 is 0 Å². The summed E-state index contributed by atoms with van der Waals surface area (Å²) < 4.78 is 26.3. The number of piperazine rings is 1. The van der Waals surface area contributed by atoms with E-state index in [1.54, 1.807) is 0 Å². The van der Waals surface area contributed by atoms with Crippen molar-refractivity contribution in [2.24, 2.45) is 0 Å². The fraction of sp³-hybridized carbons (Fsp3) is 0.300. The Labute approximate surface area is 85.5 Å². The fourth-order valence-corrected chi connectivity index (χ4v) is 1.54. The Morgan fingerprint density at radius 3 is 2.93 bits per heavy atom. The number of rotatable bonds is 1. The first-order chi connectivity index (χ1) is 7.20. The molecular weight excluding hydrogens is 202 g/mol. The van der Waals surface area contributed by atoms with Crippen molar-refractivity contribution in [2.75, 3.05) is 13.1 Å². The molecule has 0 aromatic heterocycles. The van der Waals surface area contributed by atoms with Crippen LogP contribution in [0.15, 0.2) is 18.2 Å². The van der Waals surface area contributed by atoms with E-state index in [1.807, 2.05) is 0 Å². The van der Waals surface area contributed by atoms with Gasteiger partial charge in [0.15, 0.2) is 11.6 Å². The molecule has 2 rings (SSSR count). The summed E-state index contributed by atoms with van der Waals surface area (Å²) in [6.07, 6.45) is 0. The molecular formula is C10H9F2N2O. The lowest BCUT2D eigenvalue weighted by Gasteiger charge is -2.22. The van der Waals surface area contributed by atoms with Crippen molar-refractivity contribution in [2.45, 2.75) is 6.04 Å². The van der Waals surface area contributed by atoms with Gasteiger partial charge in [0.25, 0.3) is 5.91 Å². The number of hydrogen-bond donors (Lipinski definition) is 1. The van der Waals surface area contributed by atoms with Gasteiger partial charge in [-0.1, -0.05) is 12.1 Å². The Kier molecular flexibility index (Phi) is 2.64. The van der Waals surface area contributed by atoms with Gasteiger partial charge in [-0.25, -0.2) is 14.1 Å². The number of nitrogens with one attached hydrogen (secondary N) is 1. The highest BCUT2D eigenvalue weighted by atomic mass is 19.2. The van der Waals surface area contributed by atoms with Crippen LogP contribution in [0.5, 0.6) is 0 Å². The van der Waals surface area contributed by atoms with Gasteiger partial charge >= 0.3 is 0 Å². The van der Waals surface area contributed by atoms with Gasteiger partial charge in [0, 0.05) is 12.1 Å². The molecule has 1 atom stereocenters. The maximum Gasteiger partial charge on any atom is 0.263 e. The van der Waals surface area contributed by atoms with Crippen LogP contribution < -0.4 is 10.6 Å². The summed E-state index contributed by atoms with van der Waals surface area (Å²) in [5.41, 5.74) is 0.0171. The summed E-state index contributed by atoms with van der Waals surface area (Å²) in [6.45, 7) is 0.874. The van der Waals surface area contributed by atoms with Gasteiger partial charge in [-0.05, 0) is 6.07 Å². The first kappa shape index (κ1) is 10.0. The smallest absolute Gasteiger partial charge is 0.263 e. The number of nitrogens with zero attached hydrogens (tertiary/aromatic N) is 1. The average molecular weight is 211 g/mol. The summed E-state index contributed by atoms with van der Waals surface area (Å²) in [5, 5.41) is 6.47. The first-order valence-corrected chi connectivity index (χ1v) is 4.59. The van der Waals surface area contributed by atoms with Gasteiger partial charge in [0.1, 0.15) is 6.04 Å². The SMILES string of the molecule is O=C1[N]CCNC1c1cccc(F)c1F. The van der Waals surface area contributed by atoms with E-state index in [4.69, 9.17) is 0 Å². The molecule has 1 radical (unpaired) electrons. The summed E-state index contributed by atoms with van der Waals surface area (Å²) in [6, 6.07) is 2.92. The zero-order valence-electron chi connectivity index (χ0n) is 7.84. The molecule has 5 heteroatoms. The van der Waals surface area contributed by atoms with Gasteiger partial charge in [-0.2, -0.15) is 0 Å². The quantitative estimate of drug-likeness (QED) is 0.744. The van der Waals surface area contributed by atoms with Crippen molar-refractivity contribution >= 4 is 5.91 Å². The van der Waals surface area contributed by atoms with Gasteiger partial charge in [-0.15, -0.1) is 0 Å². The molecule has 0 aliphatic carbocycles. The van der Waals surface area contributed by atoms with Crippen LogP contribution in [-0.2, 0) is 4.79 Å². The third-order valence-electron chi connectivity index (χ3n) is 2.27. The largest absolute Gasteiger partial charge is 0.300 e. The van der Waals surface area contributed by atoms with E-state index in [0.717, 1.165) is 6.07 Å². The maximum absolute atomic E-state index is 13.4. The Bertz CT molecular complexity index is 395. The van der Waals surface area contributed by atoms with Crippen LogP contribution in [0.1, 0.15) is 11.6 Å². The summed E-state index contributed by atoms with van der Waals surface area (Å²) >= 11 is 0. The van der Waals surface area contributed by atoms with Crippen LogP contribution in [0, 0.1) is 11.6 Å². The number of hydrogen-bond acceptors (Lipinski definition) is 2. The summed E-state index contributed by atoms with van der Waals surface area (Å²) in [4.78, 5) is 11.3. The minimum Gasteiger partial charge on any atom is -0.300 e. The van der Waals surface area contributed by atoms with E-state index in [-0.39, 0.29) is 5.56 Å². The second kappa shape index (κ2) is 3.94. The predicted molar refractivity (Wildman–Crippen MR) is 49.1 cm³/mol. The zero-order valence-corrected chi connectivity index (χ0v) is 7.84. The van der Waals surface area contributed by atoms with Crippen molar-refractivity contribution in [3.63, 3.8) is 0 Å². The highest BCUT2D eigenvalue weighted by Crippen LogP contribution is 2.20. The summed E-state index contributed by atoms with van der Waals surface area (Å²) in [5.74, 6) is -2.39. The Balaban J connectivity index is 2.35. The zero-order chi connectivity index (χ0) is 10.8. The molecule has 79 valence electrons. The molecule has 1 fully saturated rings. The Morgan fingerprint density at radius 2 is 2.20 bits per heavy atom. The third-order valence-corrected chi connectivity index (χ3v) is 2.27. The molecule has 1 heterocycles. The Hall–Kier alpha value is -1.49. The fourth-order valence-electron chi connectivity index (χ4n) is 1.54. The molecule has 0 saturated carbocycles. The summed E-state index contributed by atoms with van der Waals surface area (Å²) in [7, 11) is 0. The van der Waals surface area contributed by atoms with Crippen molar-refractivity contribution in [1.82, 2.24) is 10.6 Å². The lowest BCUT2D eigenvalue weighted by molar-refractivity contribution is -0.124. The maximum atomic E-state index is 13.4. The normalized spacial score (nSPS) is 21.2. The van der Waals surface area contributed by atoms with Crippen molar-refractivity contribution in [1.29, 1.82) is 0 Å². The van der Waals surface area contributed by atoms with Crippen molar-refractivity contribution < 1.29 is 13.6 Å². The van der Waals surface area contributed by atoms with Crippen LogP contribution in [0.2, 0.25) is 0 Å². The molecule has 1 unspecified atom stereocenters. The van der Waals surface area contributed by atoms with Crippen LogP contribution in [-0.4, -0.2) is 19.0 Å². The standard InChI is InChI=1S/C10H9F2N2O/c11-7-3-1-2-6(8(7)12)9-10(15)14-5-4-13-9/h1-3,9,13H,4-5H2. The van der Waals surface area contributed by atoms with Crippen LogP contribution in [0.4, 0.5) is 8.78 Å². The minimum atomic E-state index is -0.986. The van der Waals surface area contributed by atoms with Gasteiger partial charge in [-0.3, -0.25) is 4.79 Å². The average Bonchev–Trinajstić information content (AvgIpc) is 2.23. The molecule has 15 heavy (non-hydrogen) atoms. The highest BCUT2D eigenvalue weighted by Gasteiger charge is 2.27. The second-order valence-electron chi connectivity index (χ2n) is 3.25. The van der Waals surface area contributed by atoms with E-state index < -0.39 is 23.6 Å². The molecule has 0 bridgehead atoms. The molecule has 1 N–H and O–H groups in total. The molecule has 1 amide bonds. The van der Waals surface area contributed by atoms with E-state index in [9.17, 15) is 13.6 Å². The number of halogens is 2. The predicted octanol–water partition coefficient (Wildman–Crippen LogP) is 0.740. The third kappa shape index (κ3) is 1.83. The van der Waals surface area contributed by atoms with E-state index in [1.165, 1.54) is 12.1 Å². The molecule has 0 spiro atoms. The van der Waals surface area contributed by atoms with E-state index in [0.29, 0.717) is 13.1 Å². The lowest BCUT2D eigenvalue weighted by Crippen LogP contribution is -2.43. The molecule has 1 aromatic carbocycles. The highest BCUT2D eigenvalue weighted by molar-refractivity contribution is 5.83. The molecule has 1 aromatic rings. The van der Waals surface area contributed by atoms with Crippen molar-refractivity contribution in [3.8, 4) is 0 Å². The monoisotopic (exact) mass is 211 g/mol.